The fourth-order valence-electron chi connectivity index (χ4n) is 2.70. The lowest BCUT2D eigenvalue weighted by Gasteiger charge is -2.18. The van der Waals surface area contributed by atoms with Crippen LogP contribution in [0.4, 0.5) is 0 Å². The van der Waals surface area contributed by atoms with Crippen LogP contribution in [0.2, 0.25) is 0 Å². The van der Waals surface area contributed by atoms with Crippen LogP contribution in [-0.2, 0) is 7.05 Å². The third-order valence-corrected chi connectivity index (χ3v) is 4.11. The molecule has 0 fully saturated rings. The molecule has 4 heteroatoms. The maximum absolute atomic E-state index is 5.92. The van der Waals surface area contributed by atoms with E-state index in [1.807, 2.05) is 36.1 Å². The molecule has 0 bridgehead atoms. The van der Waals surface area contributed by atoms with Gasteiger partial charge >= 0.3 is 0 Å². The molecule has 0 spiro atoms. The molecule has 0 aliphatic carbocycles. The number of fused-ring (bicyclic) bond motifs is 1. The lowest BCUT2D eigenvalue weighted by Crippen LogP contribution is -2.22. The summed E-state index contributed by atoms with van der Waals surface area (Å²) in [6, 6.07) is 10.6. The summed E-state index contributed by atoms with van der Waals surface area (Å²) in [7, 11) is 1.97. The number of para-hydroxylation sites is 1. The molecular weight excluding hydrogens is 262 g/mol. The highest BCUT2D eigenvalue weighted by Gasteiger charge is 2.17. The highest BCUT2D eigenvalue weighted by molar-refractivity contribution is 5.77. The summed E-state index contributed by atoms with van der Waals surface area (Å²) in [5.74, 6) is 0.963. The molecule has 1 aromatic carbocycles. The average molecular weight is 283 g/mol. The number of aryl methyl sites for hydroxylation is 1. The molecule has 3 aromatic rings. The van der Waals surface area contributed by atoms with Crippen LogP contribution >= 0.6 is 0 Å². The lowest BCUT2D eigenvalue weighted by molar-refractivity contribution is 0.416. The largest absolute Gasteiger partial charge is 0.459 e. The van der Waals surface area contributed by atoms with Crippen LogP contribution in [0.25, 0.3) is 11.0 Å². The molecule has 1 N–H and O–H groups in total. The number of nitrogens with zero attached hydrogens (tertiary/aromatic N) is 2. The van der Waals surface area contributed by atoms with Gasteiger partial charge in [-0.15, -0.1) is 0 Å². The zero-order valence-electron chi connectivity index (χ0n) is 12.9. The smallest absolute Gasteiger partial charge is 0.134 e. The van der Waals surface area contributed by atoms with Crippen molar-refractivity contribution in [3.63, 3.8) is 0 Å². The van der Waals surface area contributed by atoms with E-state index < -0.39 is 0 Å². The Balaban J connectivity index is 1.79. The van der Waals surface area contributed by atoms with Gasteiger partial charge < -0.3 is 9.73 Å². The highest BCUT2D eigenvalue weighted by atomic mass is 16.3. The molecule has 0 aliphatic heterocycles. The highest BCUT2D eigenvalue weighted by Crippen LogP contribution is 2.26. The molecule has 0 radical (unpaired) electrons. The summed E-state index contributed by atoms with van der Waals surface area (Å²) in [4.78, 5) is 0. The van der Waals surface area contributed by atoms with Crippen molar-refractivity contribution in [1.82, 2.24) is 15.1 Å². The molecule has 21 heavy (non-hydrogen) atoms. The average Bonchev–Trinajstić information content (AvgIpc) is 3.03. The Labute approximate surface area is 124 Å². The summed E-state index contributed by atoms with van der Waals surface area (Å²) in [6.07, 6.45) is 1.93. The molecule has 2 aromatic heterocycles. The predicted molar refractivity (Wildman–Crippen MR) is 84.1 cm³/mol. The Kier molecular flexibility index (Phi) is 3.55. The quantitative estimate of drug-likeness (QED) is 0.790. The molecule has 0 saturated carbocycles. The van der Waals surface area contributed by atoms with Crippen molar-refractivity contribution in [3.05, 3.63) is 53.5 Å². The van der Waals surface area contributed by atoms with Crippen LogP contribution in [0.1, 0.15) is 42.9 Å². The van der Waals surface area contributed by atoms with Crippen LogP contribution in [-0.4, -0.2) is 9.78 Å². The van der Waals surface area contributed by atoms with Gasteiger partial charge in [-0.05, 0) is 32.9 Å². The topological polar surface area (TPSA) is 43.0 Å². The van der Waals surface area contributed by atoms with Gasteiger partial charge in [0.05, 0.1) is 12.2 Å². The lowest BCUT2D eigenvalue weighted by atomic mass is 10.1. The van der Waals surface area contributed by atoms with Crippen molar-refractivity contribution in [2.24, 2.45) is 7.05 Å². The Morgan fingerprint density at radius 1 is 1.19 bits per heavy atom. The van der Waals surface area contributed by atoms with E-state index in [9.17, 15) is 0 Å². The van der Waals surface area contributed by atoms with Crippen molar-refractivity contribution in [3.8, 4) is 0 Å². The third kappa shape index (κ3) is 2.59. The number of hydrogen-bond acceptors (Lipinski definition) is 3. The first-order chi connectivity index (χ1) is 10.1. The predicted octanol–water partition coefficient (Wildman–Crippen LogP) is 3.89. The molecule has 3 rings (SSSR count). The van der Waals surface area contributed by atoms with E-state index in [0.717, 1.165) is 16.7 Å². The second-order valence-corrected chi connectivity index (χ2v) is 5.61. The minimum atomic E-state index is 0.145. The van der Waals surface area contributed by atoms with Crippen LogP contribution in [0, 0.1) is 6.92 Å². The maximum Gasteiger partial charge on any atom is 0.134 e. The monoisotopic (exact) mass is 283 g/mol. The van der Waals surface area contributed by atoms with Crippen LogP contribution < -0.4 is 5.32 Å². The number of nitrogens with one attached hydrogen (secondary N) is 1. The van der Waals surface area contributed by atoms with Crippen molar-refractivity contribution < 1.29 is 4.42 Å². The van der Waals surface area contributed by atoms with Crippen molar-refractivity contribution in [1.29, 1.82) is 0 Å². The molecule has 0 saturated heterocycles. The first kappa shape index (κ1) is 13.9. The molecule has 0 amide bonds. The molecule has 0 aliphatic rings. The van der Waals surface area contributed by atoms with Crippen LogP contribution in [0.15, 0.2) is 40.9 Å². The number of furan rings is 1. The van der Waals surface area contributed by atoms with Gasteiger partial charge in [0.2, 0.25) is 0 Å². The third-order valence-electron chi connectivity index (χ3n) is 4.11. The Hall–Kier alpha value is -2.07. The van der Waals surface area contributed by atoms with Crippen molar-refractivity contribution >= 4 is 11.0 Å². The van der Waals surface area contributed by atoms with E-state index in [4.69, 9.17) is 4.42 Å². The van der Waals surface area contributed by atoms with Gasteiger partial charge in [0, 0.05) is 29.7 Å². The van der Waals surface area contributed by atoms with E-state index in [1.54, 1.807) is 0 Å². The second kappa shape index (κ2) is 5.37. The molecule has 2 atom stereocenters. The molecule has 2 heterocycles. The first-order valence-electron chi connectivity index (χ1n) is 7.29. The number of benzene rings is 1. The maximum atomic E-state index is 5.92. The zero-order valence-corrected chi connectivity index (χ0v) is 12.9. The number of rotatable bonds is 4. The van der Waals surface area contributed by atoms with Crippen LogP contribution in [0.3, 0.4) is 0 Å². The van der Waals surface area contributed by atoms with Gasteiger partial charge in [0.15, 0.2) is 0 Å². The van der Waals surface area contributed by atoms with Crippen molar-refractivity contribution in [2.75, 3.05) is 0 Å². The second-order valence-electron chi connectivity index (χ2n) is 5.61. The summed E-state index contributed by atoms with van der Waals surface area (Å²) in [6.45, 7) is 6.37. The SMILES string of the molecule is Cc1c(C(C)NC(C)c2cc3ccccc3o2)cnn1C. The molecule has 2 unspecified atom stereocenters. The zero-order chi connectivity index (χ0) is 15.0. The fraction of sp³-hybridized carbons (Fsp3) is 0.353. The fourth-order valence-corrected chi connectivity index (χ4v) is 2.70. The van der Waals surface area contributed by atoms with Crippen molar-refractivity contribution in [2.45, 2.75) is 32.9 Å². The minimum Gasteiger partial charge on any atom is -0.459 e. The van der Waals surface area contributed by atoms with Gasteiger partial charge in [-0.2, -0.15) is 5.10 Å². The summed E-state index contributed by atoms with van der Waals surface area (Å²) in [5.41, 5.74) is 3.35. The van der Waals surface area contributed by atoms with E-state index in [0.29, 0.717) is 0 Å². The number of aromatic nitrogens is 2. The first-order valence-corrected chi connectivity index (χ1v) is 7.29. The van der Waals surface area contributed by atoms with Gasteiger partial charge in [-0.25, -0.2) is 0 Å². The molecule has 4 nitrogen and oxygen atoms in total. The Bertz CT molecular complexity index is 723. The van der Waals surface area contributed by atoms with Gasteiger partial charge in [0.1, 0.15) is 11.3 Å². The van der Waals surface area contributed by atoms with E-state index in [1.165, 1.54) is 11.3 Å². The summed E-state index contributed by atoms with van der Waals surface area (Å²) < 4.78 is 7.82. The van der Waals surface area contributed by atoms with Gasteiger partial charge in [0.25, 0.3) is 0 Å². The van der Waals surface area contributed by atoms with Gasteiger partial charge in [-0.1, -0.05) is 18.2 Å². The van der Waals surface area contributed by atoms with E-state index in [2.05, 4.69) is 43.3 Å². The Morgan fingerprint density at radius 3 is 2.62 bits per heavy atom. The van der Waals surface area contributed by atoms with Crippen LogP contribution in [0.5, 0.6) is 0 Å². The normalized spacial score (nSPS) is 14.5. The molecular formula is C17H21N3O. The van der Waals surface area contributed by atoms with E-state index in [-0.39, 0.29) is 12.1 Å². The molecule has 110 valence electrons. The van der Waals surface area contributed by atoms with E-state index >= 15 is 0 Å². The number of hydrogen-bond donors (Lipinski definition) is 1. The van der Waals surface area contributed by atoms with Gasteiger partial charge in [-0.3, -0.25) is 4.68 Å². The Morgan fingerprint density at radius 2 is 1.95 bits per heavy atom. The summed E-state index contributed by atoms with van der Waals surface area (Å²) >= 11 is 0. The minimum absolute atomic E-state index is 0.145. The summed E-state index contributed by atoms with van der Waals surface area (Å²) in [5, 5.41) is 9.03. The standard InChI is InChI=1S/C17H21N3O/c1-11(15-10-18-20(4)13(15)3)19-12(2)17-9-14-7-5-6-8-16(14)21-17/h5-12,19H,1-4H3.